The van der Waals surface area contributed by atoms with Gasteiger partial charge in [0, 0.05) is 10.5 Å². The topological polar surface area (TPSA) is 74.6 Å². The Labute approximate surface area is 170 Å². The van der Waals surface area contributed by atoms with Crippen LogP contribution < -0.4 is 0 Å². The van der Waals surface area contributed by atoms with E-state index in [-0.39, 0.29) is 17.6 Å². The summed E-state index contributed by atoms with van der Waals surface area (Å²) in [5.41, 5.74) is 0. The lowest BCUT2D eigenvalue weighted by Gasteiger charge is -2.32. The first-order valence-corrected chi connectivity index (χ1v) is 11.7. The molecule has 5 heteroatoms. The number of thioether (sulfide) groups is 1. The van der Waals surface area contributed by atoms with Crippen molar-refractivity contribution < 1.29 is 19.8 Å². The Hall–Kier alpha value is -0.710. The summed E-state index contributed by atoms with van der Waals surface area (Å²) in [5, 5.41) is 18.4. The Morgan fingerprint density at radius 1 is 0.778 bits per heavy atom. The van der Waals surface area contributed by atoms with E-state index in [9.17, 15) is 14.7 Å². The number of hydrogen-bond donors (Lipinski definition) is 2. The molecule has 0 aliphatic carbocycles. The van der Waals surface area contributed by atoms with Gasteiger partial charge in [0.2, 0.25) is 0 Å². The van der Waals surface area contributed by atoms with Crippen LogP contribution in [0, 0.1) is 11.8 Å². The minimum absolute atomic E-state index is 0.104. The molecule has 0 spiro atoms. The number of rotatable bonds is 18. The van der Waals surface area contributed by atoms with Crippen LogP contribution in [-0.4, -0.2) is 32.7 Å². The van der Waals surface area contributed by atoms with Gasteiger partial charge in [-0.25, -0.2) is 0 Å². The molecule has 0 aliphatic heterocycles. The second-order valence-electron chi connectivity index (χ2n) is 8.73. The molecule has 4 nitrogen and oxygen atoms in total. The normalized spacial score (nSPS) is 12.1. The molecule has 0 amide bonds. The van der Waals surface area contributed by atoms with Gasteiger partial charge in [-0.15, -0.1) is 0 Å². The maximum Gasteiger partial charge on any atom is 0.304 e. The first-order valence-electron chi connectivity index (χ1n) is 10.7. The van der Waals surface area contributed by atoms with Crippen LogP contribution in [0.25, 0.3) is 0 Å². The van der Waals surface area contributed by atoms with E-state index in [1.165, 1.54) is 25.7 Å². The number of carboxylic acids is 2. The van der Waals surface area contributed by atoms with Crippen LogP contribution in [0.15, 0.2) is 0 Å². The second kappa shape index (κ2) is 15.2. The Balaban J connectivity index is 4.72. The molecule has 0 aromatic rings. The van der Waals surface area contributed by atoms with E-state index in [2.05, 4.69) is 27.7 Å². The predicted octanol–water partition coefficient (Wildman–Crippen LogP) is 6.62. The van der Waals surface area contributed by atoms with Crippen molar-refractivity contribution in [3.8, 4) is 0 Å². The highest BCUT2D eigenvalue weighted by Crippen LogP contribution is 2.40. The van der Waals surface area contributed by atoms with E-state index in [0.29, 0.717) is 17.6 Å². The lowest BCUT2D eigenvalue weighted by molar-refractivity contribution is -0.138. The van der Waals surface area contributed by atoms with Gasteiger partial charge in [-0.3, -0.25) is 9.59 Å². The molecule has 160 valence electrons. The largest absolute Gasteiger partial charge is 0.481 e. The zero-order valence-electron chi connectivity index (χ0n) is 18.0. The molecular formula is C22H42O4S. The van der Waals surface area contributed by atoms with Crippen molar-refractivity contribution in [3.05, 3.63) is 0 Å². The number of carboxylic acid groups (broad SMARTS) is 2. The maximum absolute atomic E-state index is 11.5. The monoisotopic (exact) mass is 402 g/mol. The molecule has 0 aromatic carbocycles. The highest BCUT2D eigenvalue weighted by atomic mass is 32.2. The van der Waals surface area contributed by atoms with E-state index in [1.54, 1.807) is 11.8 Å². The summed E-state index contributed by atoms with van der Waals surface area (Å²) in [4.78, 5) is 22.4. The smallest absolute Gasteiger partial charge is 0.304 e. The zero-order chi connectivity index (χ0) is 20.7. The van der Waals surface area contributed by atoms with Gasteiger partial charge in [0.15, 0.2) is 0 Å². The quantitative estimate of drug-likeness (QED) is 0.252. The fourth-order valence-corrected chi connectivity index (χ4v) is 4.99. The van der Waals surface area contributed by atoms with E-state index in [1.807, 2.05) is 0 Å². The molecule has 0 aliphatic rings. The van der Waals surface area contributed by atoms with Crippen LogP contribution in [0.1, 0.15) is 105 Å². The van der Waals surface area contributed by atoms with Gasteiger partial charge in [0.05, 0.1) is 12.8 Å². The Morgan fingerprint density at radius 3 is 1.63 bits per heavy atom. The van der Waals surface area contributed by atoms with E-state index in [4.69, 9.17) is 5.11 Å². The molecular weight excluding hydrogens is 360 g/mol. The van der Waals surface area contributed by atoms with Gasteiger partial charge in [-0.05, 0) is 24.7 Å². The zero-order valence-corrected chi connectivity index (χ0v) is 18.8. The molecule has 0 rings (SSSR count). The first-order chi connectivity index (χ1) is 12.7. The molecule has 0 heterocycles. The molecule has 0 saturated heterocycles. The van der Waals surface area contributed by atoms with Crippen molar-refractivity contribution in [1.82, 2.24) is 0 Å². The number of aliphatic carboxylic acids is 2. The van der Waals surface area contributed by atoms with Crippen LogP contribution in [-0.2, 0) is 9.59 Å². The minimum atomic E-state index is -0.805. The van der Waals surface area contributed by atoms with Crippen molar-refractivity contribution >= 4 is 23.7 Å². The van der Waals surface area contributed by atoms with Gasteiger partial charge >= 0.3 is 11.9 Å². The summed E-state index contributed by atoms with van der Waals surface area (Å²) in [7, 11) is 0. The summed E-state index contributed by atoms with van der Waals surface area (Å²) in [6.07, 6.45) is 11.2. The van der Waals surface area contributed by atoms with Crippen LogP contribution in [0.4, 0.5) is 0 Å². The second-order valence-corrected chi connectivity index (χ2v) is 10.3. The molecule has 0 radical (unpaired) electrons. The lowest BCUT2D eigenvalue weighted by atomic mass is 9.90. The summed E-state index contributed by atoms with van der Waals surface area (Å²) >= 11 is 1.59. The summed E-state index contributed by atoms with van der Waals surface area (Å²) in [5.74, 6) is 0.350. The Kier molecular flexibility index (Phi) is 14.8. The van der Waals surface area contributed by atoms with Gasteiger partial charge < -0.3 is 10.2 Å². The molecule has 0 fully saturated rings. The fraction of sp³-hybridized carbons (Fsp3) is 0.909. The third kappa shape index (κ3) is 16.0. The highest BCUT2D eigenvalue weighted by molar-refractivity contribution is 8.00. The van der Waals surface area contributed by atoms with Gasteiger partial charge in [-0.2, -0.15) is 11.8 Å². The molecule has 2 N–H and O–H groups in total. The van der Waals surface area contributed by atoms with Crippen LogP contribution in [0.2, 0.25) is 0 Å². The van der Waals surface area contributed by atoms with Gasteiger partial charge in [0.1, 0.15) is 0 Å². The van der Waals surface area contributed by atoms with E-state index < -0.39 is 11.9 Å². The Morgan fingerprint density at radius 2 is 1.26 bits per heavy atom. The summed E-state index contributed by atoms with van der Waals surface area (Å²) in [6.45, 7) is 8.92. The average Bonchev–Trinajstić information content (AvgIpc) is 2.52. The van der Waals surface area contributed by atoms with Crippen molar-refractivity contribution in [2.45, 2.75) is 109 Å². The van der Waals surface area contributed by atoms with Crippen molar-refractivity contribution in [2.24, 2.45) is 11.8 Å². The molecule has 27 heavy (non-hydrogen) atoms. The molecule has 0 aromatic heterocycles. The highest BCUT2D eigenvalue weighted by Gasteiger charge is 2.32. The van der Waals surface area contributed by atoms with Gasteiger partial charge in [0.25, 0.3) is 0 Å². The molecule has 0 saturated carbocycles. The first kappa shape index (κ1) is 26.3. The summed E-state index contributed by atoms with van der Waals surface area (Å²) in [6, 6.07) is 0. The van der Waals surface area contributed by atoms with Crippen LogP contribution >= 0.6 is 11.8 Å². The average molecular weight is 403 g/mol. The Bertz CT molecular complexity index is 389. The predicted molar refractivity (Wildman–Crippen MR) is 116 cm³/mol. The number of unbranched alkanes of at least 4 members (excludes halogenated alkanes) is 4. The van der Waals surface area contributed by atoms with Gasteiger partial charge in [-0.1, -0.05) is 79.1 Å². The van der Waals surface area contributed by atoms with E-state index >= 15 is 0 Å². The third-order valence-electron chi connectivity index (χ3n) is 5.03. The molecule has 0 bridgehead atoms. The standard InChI is InChI=1S/C22H42O4S/c1-18(2)11-7-5-9-14-22(17-21(25)26,27-16-13-20(23)24)15-10-6-8-12-19(3)4/h18-19H,5-17H2,1-4H3,(H,23,24)(H,25,26). The lowest BCUT2D eigenvalue weighted by Crippen LogP contribution is -2.29. The fourth-order valence-electron chi connectivity index (χ4n) is 3.48. The van der Waals surface area contributed by atoms with Crippen molar-refractivity contribution in [3.63, 3.8) is 0 Å². The van der Waals surface area contributed by atoms with Crippen LogP contribution in [0.5, 0.6) is 0 Å². The van der Waals surface area contributed by atoms with Crippen molar-refractivity contribution in [2.75, 3.05) is 5.75 Å². The van der Waals surface area contributed by atoms with E-state index in [0.717, 1.165) is 38.5 Å². The van der Waals surface area contributed by atoms with Crippen molar-refractivity contribution in [1.29, 1.82) is 0 Å². The molecule has 0 unspecified atom stereocenters. The minimum Gasteiger partial charge on any atom is -0.481 e. The maximum atomic E-state index is 11.5. The van der Waals surface area contributed by atoms with Crippen LogP contribution in [0.3, 0.4) is 0 Å². The summed E-state index contributed by atoms with van der Waals surface area (Å²) < 4.78 is -0.309. The third-order valence-corrected chi connectivity index (χ3v) is 6.60. The number of carbonyl (C=O) groups is 2. The SMILES string of the molecule is CC(C)CCCCCC(CCCCCC(C)C)(CC(=O)O)SCCC(=O)O. The molecule has 0 atom stereocenters. The number of hydrogen-bond acceptors (Lipinski definition) is 3.